The van der Waals surface area contributed by atoms with Crippen molar-refractivity contribution in [1.29, 1.82) is 0 Å². The molecule has 182 valence electrons. The van der Waals surface area contributed by atoms with Crippen molar-refractivity contribution in [1.82, 2.24) is 0 Å². The summed E-state index contributed by atoms with van der Waals surface area (Å²) in [6, 6.07) is 0. The molecular formula is C24H56Cl2Ge4. The van der Waals surface area contributed by atoms with Crippen LogP contribution in [0.1, 0.15) is 111 Å². The molecule has 30 heavy (non-hydrogen) atoms. The van der Waals surface area contributed by atoms with Gasteiger partial charge in [-0.25, -0.2) is 0 Å². The summed E-state index contributed by atoms with van der Waals surface area (Å²) in [4.78, 5) is 0. The number of halogens is 2. The van der Waals surface area contributed by atoms with E-state index in [2.05, 4.69) is 111 Å². The van der Waals surface area contributed by atoms with Gasteiger partial charge < -0.3 is 0 Å². The van der Waals surface area contributed by atoms with Gasteiger partial charge in [0.2, 0.25) is 0 Å². The quantitative estimate of drug-likeness (QED) is 0.221. The molecule has 0 fully saturated rings. The molecule has 0 spiro atoms. The number of hydrogen-bond donors (Lipinski definition) is 0. The summed E-state index contributed by atoms with van der Waals surface area (Å²) in [6.07, 6.45) is 0. The molecule has 0 aromatic rings. The van der Waals surface area contributed by atoms with E-state index in [-0.39, 0.29) is 0 Å². The molecule has 0 aliphatic heterocycles. The molecule has 0 unspecified atom stereocenters. The van der Waals surface area contributed by atoms with Crippen molar-refractivity contribution in [3.8, 4) is 0 Å². The Kier molecular flexibility index (Phi) is 33.1. The first-order valence-corrected chi connectivity index (χ1v) is 27.1. The molecule has 0 bridgehead atoms. The zero-order valence-corrected chi connectivity index (χ0v) is 33.3. The van der Waals surface area contributed by atoms with E-state index >= 15 is 0 Å². The molecule has 6 radical (unpaired) electrons. The Morgan fingerprint density at radius 1 is 0.367 bits per heavy atom. The zero-order valence-electron chi connectivity index (χ0n) is 23.4. The number of rotatable bonds is 8. The summed E-state index contributed by atoms with van der Waals surface area (Å²) in [5.74, 6) is 0. The molecule has 0 aromatic carbocycles. The minimum atomic E-state index is -1.12. The van der Waals surface area contributed by atoms with Crippen LogP contribution in [0.3, 0.4) is 0 Å². The summed E-state index contributed by atoms with van der Waals surface area (Å²) in [6.45, 7) is 36.4. The second-order valence-corrected chi connectivity index (χ2v) is 38.9. The normalized spacial score (nSPS) is 11.6. The molecule has 0 rings (SSSR count). The van der Waals surface area contributed by atoms with Crippen molar-refractivity contribution in [2.45, 2.75) is 149 Å². The van der Waals surface area contributed by atoms with E-state index in [1.165, 1.54) is 0 Å². The molecule has 0 aliphatic rings. The van der Waals surface area contributed by atoms with Gasteiger partial charge in [0.1, 0.15) is 0 Å². The molecule has 0 aromatic heterocycles. The maximum atomic E-state index is 6.12. The standard InChI is InChI=1S/2C6H14ClGe.2C6H14Ge/c2*1-5(2)8(7)6(3)4;2*1-5(2)7-6(3)4/h2*5-6H,1-4H3;2*5-6H,1-4H3. The van der Waals surface area contributed by atoms with Crippen LogP contribution in [0.4, 0.5) is 0 Å². The van der Waals surface area contributed by atoms with Crippen LogP contribution in [0.2, 0.25) is 38.0 Å². The van der Waals surface area contributed by atoms with Crippen LogP contribution in [-0.2, 0) is 0 Å². The topological polar surface area (TPSA) is 0 Å². The maximum absolute atomic E-state index is 6.12. The molecule has 0 amide bonds. The van der Waals surface area contributed by atoms with E-state index in [0.29, 0.717) is 30.9 Å². The van der Waals surface area contributed by atoms with Gasteiger partial charge in [-0.2, -0.15) is 0 Å². The fourth-order valence-corrected chi connectivity index (χ4v) is 13.9. The molecule has 0 atom stereocenters. The van der Waals surface area contributed by atoms with Crippen LogP contribution < -0.4 is 0 Å². The van der Waals surface area contributed by atoms with Gasteiger partial charge in [0.05, 0.1) is 0 Å². The Balaban J connectivity index is -0.000000151. The van der Waals surface area contributed by atoms with Crippen molar-refractivity contribution < 1.29 is 0 Å². The van der Waals surface area contributed by atoms with Crippen LogP contribution in [0, 0.1) is 0 Å². The average molecular weight is 706 g/mol. The van der Waals surface area contributed by atoms with Gasteiger partial charge >= 0.3 is 227 Å². The molecule has 0 nitrogen and oxygen atoms in total. The Bertz CT molecular complexity index is 271. The Morgan fingerprint density at radius 3 is 0.500 bits per heavy atom. The van der Waals surface area contributed by atoms with E-state index in [1.54, 1.807) is 0 Å². The third kappa shape index (κ3) is 38.0. The van der Waals surface area contributed by atoms with Crippen molar-refractivity contribution in [3.05, 3.63) is 0 Å². The van der Waals surface area contributed by atoms with Crippen molar-refractivity contribution in [2.24, 2.45) is 0 Å². The van der Waals surface area contributed by atoms with Gasteiger partial charge in [-0.15, -0.1) is 0 Å². The monoisotopic (exact) mass is 710 g/mol. The molecular weight excluding hydrogens is 650 g/mol. The molecule has 0 heterocycles. The Hall–Kier alpha value is 2.75. The molecule has 0 N–H and O–H groups in total. The van der Waals surface area contributed by atoms with Gasteiger partial charge in [0.25, 0.3) is 0 Å². The zero-order chi connectivity index (χ0) is 25.2. The van der Waals surface area contributed by atoms with E-state index in [1.807, 2.05) is 0 Å². The Labute approximate surface area is 224 Å². The van der Waals surface area contributed by atoms with Crippen LogP contribution in [0.15, 0.2) is 0 Å². The molecule has 0 aliphatic carbocycles. The number of hydrogen-bond acceptors (Lipinski definition) is 0. The van der Waals surface area contributed by atoms with E-state index < -0.39 is 26.8 Å². The van der Waals surface area contributed by atoms with Crippen LogP contribution in [0.5, 0.6) is 0 Å². The van der Waals surface area contributed by atoms with Crippen molar-refractivity contribution in [3.63, 3.8) is 0 Å². The van der Waals surface area contributed by atoms with Gasteiger partial charge in [0.15, 0.2) is 0 Å². The first-order chi connectivity index (χ1) is 13.4. The van der Waals surface area contributed by atoms with Crippen molar-refractivity contribution >= 4 is 77.7 Å². The van der Waals surface area contributed by atoms with Gasteiger partial charge in [-0.3, -0.25) is 0 Å². The van der Waals surface area contributed by atoms with Crippen LogP contribution in [0.25, 0.3) is 0 Å². The fourth-order valence-electron chi connectivity index (χ4n) is 2.67. The Morgan fingerprint density at radius 2 is 0.500 bits per heavy atom. The molecule has 6 heteroatoms. The van der Waals surface area contributed by atoms with Gasteiger partial charge in [0, 0.05) is 0 Å². The molecule has 0 saturated heterocycles. The fraction of sp³-hybridized carbons (Fsp3) is 1.00. The predicted octanol–water partition coefficient (Wildman–Crippen LogP) is 10.8. The summed E-state index contributed by atoms with van der Waals surface area (Å²) in [7, 11) is 12.2. The summed E-state index contributed by atoms with van der Waals surface area (Å²) in [5, 5.41) is 0. The second-order valence-electron chi connectivity index (χ2n) is 10.3. The summed E-state index contributed by atoms with van der Waals surface area (Å²) < 4.78 is 7.10. The van der Waals surface area contributed by atoms with Crippen LogP contribution >= 0.6 is 20.0 Å². The summed E-state index contributed by atoms with van der Waals surface area (Å²) in [5.41, 5.74) is 0. The SMILES string of the molecule is C[CH](C)[Ge]([Cl])[CH](C)C.C[CH](C)[Ge]([Cl])[CH](C)C.C[CH](C)[Ge][CH](C)C.C[CH](C)[Ge][CH](C)C. The summed E-state index contributed by atoms with van der Waals surface area (Å²) >= 11 is -1.46. The van der Waals surface area contributed by atoms with E-state index in [9.17, 15) is 0 Å². The van der Waals surface area contributed by atoms with Gasteiger partial charge in [-0.05, 0) is 0 Å². The minimum absolute atomic E-state index is 0.389. The first-order valence-electron chi connectivity index (χ1n) is 11.9. The molecule has 0 saturated carbocycles. The average Bonchev–Trinajstić information content (AvgIpc) is 2.51. The second kappa shape index (κ2) is 24.9. The third-order valence-electron chi connectivity index (χ3n) is 3.54. The first kappa shape index (κ1) is 39.9. The third-order valence-corrected chi connectivity index (χ3v) is 27.5. The van der Waals surface area contributed by atoms with E-state index in [4.69, 9.17) is 20.0 Å². The van der Waals surface area contributed by atoms with Crippen LogP contribution in [-0.4, -0.2) is 57.7 Å². The van der Waals surface area contributed by atoms with Crippen molar-refractivity contribution in [2.75, 3.05) is 0 Å². The van der Waals surface area contributed by atoms with Gasteiger partial charge in [-0.1, -0.05) is 0 Å². The van der Waals surface area contributed by atoms with E-state index in [0.717, 1.165) is 38.0 Å². The predicted molar refractivity (Wildman–Crippen MR) is 156 cm³/mol.